The third-order valence-corrected chi connectivity index (χ3v) is 4.65. The van der Waals surface area contributed by atoms with Gasteiger partial charge in [0.05, 0.1) is 5.69 Å². The second-order valence-corrected chi connectivity index (χ2v) is 6.66. The highest BCUT2D eigenvalue weighted by Gasteiger charge is 2.15. The van der Waals surface area contributed by atoms with Gasteiger partial charge in [0.25, 0.3) is 0 Å². The van der Waals surface area contributed by atoms with Crippen LogP contribution in [0.3, 0.4) is 0 Å². The molecule has 8 heteroatoms. The first-order valence-electron chi connectivity index (χ1n) is 9.31. The summed E-state index contributed by atoms with van der Waals surface area (Å²) >= 11 is 0. The van der Waals surface area contributed by atoms with Gasteiger partial charge in [-0.15, -0.1) is 5.10 Å². The minimum Gasteiger partial charge on any atom is -0.324 e. The Kier molecular flexibility index (Phi) is 4.90. The largest absolute Gasteiger partial charge is 0.352 e. The zero-order valence-electron chi connectivity index (χ0n) is 16.2. The molecule has 3 heterocycles. The van der Waals surface area contributed by atoms with Gasteiger partial charge < -0.3 is 5.32 Å². The first kappa shape index (κ1) is 18.5. The number of benzene rings is 1. The molecule has 0 aliphatic carbocycles. The standard InChI is InChI=1S/C21H20N6O2/c1-3-15-4-6-17(7-5-15)24-20(28)13-26-21(29)27-14(2)23-18(12-19(27)25-26)16-8-10-22-11-9-16/h4-12H,3,13H2,1-2H3,(H,24,28). The number of amides is 1. The number of hydrogen-bond donors (Lipinski definition) is 1. The SMILES string of the molecule is CCc1ccc(NC(=O)Cn2nc3cc(-c4ccncc4)nc(C)n3c2=O)cc1. The molecular formula is C21H20N6O2. The molecule has 0 spiro atoms. The van der Waals surface area contributed by atoms with E-state index in [0.29, 0.717) is 22.9 Å². The Bertz CT molecular complexity index is 1230. The summed E-state index contributed by atoms with van der Waals surface area (Å²) in [5.41, 5.74) is 3.47. The number of hydrogen-bond acceptors (Lipinski definition) is 5. The highest BCUT2D eigenvalue weighted by atomic mass is 16.2. The third kappa shape index (κ3) is 3.77. The van der Waals surface area contributed by atoms with E-state index in [4.69, 9.17) is 0 Å². The van der Waals surface area contributed by atoms with E-state index in [9.17, 15) is 9.59 Å². The molecule has 29 heavy (non-hydrogen) atoms. The van der Waals surface area contributed by atoms with Crippen LogP contribution in [0.25, 0.3) is 16.9 Å². The summed E-state index contributed by atoms with van der Waals surface area (Å²) in [6.07, 6.45) is 4.29. The lowest BCUT2D eigenvalue weighted by molar-refractivity contribution is -0.117. The van der Waals surface area contributed by atoms with Crippen molar-refractivity contribution in [3.63, 3.8) is 0 Å². The van der Waals surface area contributed by atoms with E-state index in [1.807, 2.05) is 36.4 Å². The van der Waals surface area contributed by atoms with Crippen LogP contribution in [0.15, 0.2) is 59.7 Å². The predicted molar refractivity (Wildman–Crippen MR) is 110 cm³/mol. The van der Waals surface area contributed by atoms with Crippen molar-refractivity contribution in [2.75, 3.05) is 5.32 Å². The first-order chi connectivity index (χ1) is 14.0. The number of carbonyl (C=O) groups excluding carboxylic acids is 1. The van der Waals surface area contributed by atoms with Crippen LogP contribution < -0.4 is 11.0 Å². The van der Waals surface area contributed by atoms with Crippen molar-refractivity contribution in [2.45, 2.75) is 26.8 Å². The number of rotatable bonds is 5. The number of pyridine rings is 1. The molecule has 4 rings (SSSR count). The number of aryl methyl sites for hydroxylation is 2. The van der Waals surface area contributed by atoms with Crippen molar-refractivity contribution in [2.24, 2.45) is 0 Å². The number of fused-ring (bicyclic) bond motifs is 1. The van der Waals surface area contributed by atoms with Crippen LogP contribution in [0.2, 0.25) is 0 Å². The van der Waals surface area contributed by atoms with E-state index in [-0.39, 0.29) is 12.5 Å². The summed E-state index contributed by atoms with van der Waals surface area (Å²) in [4.78, 5) is 33.6. The third-order valence-electron chi connectivity index (χ3n) is 4.65. The van der Waals surface area contributed by atoms with E-state index in [1.54, 1.807) is 25.4 Å². The maximum atomic E-state index is 12.7. The van der Waals surface area contributed by atoms with Crippen molar-refractivity contribution in [1.29, 1.82) is 0 Å². The van der Waals surface area contributed by atoms with Crippen LogP contribution in [-0.2, 0) is 17.8 Å². The molecule has 4 aromatic rings. The molecular weight excluding hydrogens is 368 g/mol. The fraction of sp³-hybridized carbons (Fsp3) is 0.190. The van der Waals surface area contributed by atoms with E-state index < -0.39 is 5.69 Å². The summed E-state index contributed by atoms with van der Waals surface area (Å²) in [6, 6.07) is 13.0. The lowest BCUT2D eigenvalue weighted by Crippen LogP contribution is -2.28. The fourth-order valence-corrected chi connectivity index (χ4v) is 3.13. The van der Waals surface area contributed by atoms with Gasteiger partial charge in [0.1, 0.15) is 12.4 Å². The van der Waals surface area contributed by atoms with Crippen LogP contribution in [0.4, 0.5) is 5.69 Å². The van der Waals surface area contributed by atoms with E-state index in [1.165, 1.54) is 9.96 Å². The monoisotopic (exact) mass is 388 g/mol. The van der Waals surface area contributed by atoms with E-state index in [2.05, 4.69) is 27.3 Å². The molecule has 0 saturated carbocycles. The number of anilines is 1. The summed E-state index contributed by atoms with van der Waals surface area (Å²) < 4.78 is 2.55. The Morgan fingerprint density at radius 3 is 2.52 bits per heavy atom. The zero-order valence-corrected chi connectivity index (χ0v) is 16.2. The highest BCUT2D eigenvalue weighted by molar-refractivity contribution is 5.90. The van der Waals surface area contributed by atoms with Gasteiger partial charge in [0.2, 0.25) is 5.91 Å². The number of nitrogens with one attached hydrogen (secondary N) is 1. The Hall–Kier alpha value is -3.81. The normalized spacial score (nSPS) is 11.0. The van der Waals surface area contributed by atoms with Crippen LogP contribution in [0, 0.1) is 6.92 Å². The van der Waals surface area contributed by atoms with Gasteiger partial charge in [-0.05, 0) is 43.2 Å². The van der Waals surface area contributed by atoms with Gasteiger partial charge in [-0.2, -0.15) is 0 Å². The molecule has 0 fully saturated rings. The van der Waals surface area contributed by atoms with Crippen LogP contribution in [0.1, 0.15) is 18.3 Å². The maximum Gasteiger partial charge on any atom is 0.352 e. The smallest absolute Gasteiger partial charge is 0.324 e. The first-order valence-corrected chi connectivity index (χ1v) is 9.31. The summed E-state index contributed by atoms with van der Waals surface area (Å²) in [6.45, 7) is 3.63. The zero-order chi connectivity index (χ0) is 20.4. The average molecular weight is 388 g/mol. The average Bonchev–Trinajstić information content (AvgIpc) is 3.04. The van der Waals surface area contributed by atoms with Gasteiger partial charge in [0, 0.05) is 29.7 Å². The Balaban J connectivity index is 1.60. The molecule has 146 valence electrons. The van der Waals surface area contributed by atoms with Gasteiger partial charge in [0.15, 0.2) is 5.65 Å². The van der Waals surface area contributed by atoms with Crippen molar-refractivity contribution < 1.29 is 4.79 Å². The topological polar surface area (TPSA) is 94.2 Å². The Labute approximate surface area is 166 Å². The molecule has 0 unspecified atom stereocenters. The quantitative estimate of drug-likeness (QED) is 0.567. The van der Waals surface area contributed by atoms with E-state index >= 15 is 0 Å². The van der Waals surface area contributed by atoms with Crippen molar-refractivity contribution >= 4 is 17.2 Å². The lowest BCUT2D eigenvalue weighted by atomic mass is 10.1. The number of carbonyl (C=O) groups is 1. The lowest BCUT2D eigenvalue weighted by Gasteiger charge is -2.05. The minimum atomic E-state index is -0.400. The summed E-state index contributed by atoms with van der Waals surface area (Å²) in [5, 5.41) is 7.11. The van der Waals surface area contributed by atoms with Crippen LogP contribution >= 0.6 is 0 Å². The van der Waals surface area contributed by atoms with Crippen LogP contribution in [0.5, 0.6) is 0 Å². The number of nitrogens with zero attached hydrogens (tertiary/aromatic N) is 5. The molecule has 8 nitrogen and oxygen atoms in total. The van der Waals surface area contributed by atoms with Gasteiger partial charge >= 0.3 is 5.69 Å². The maximum absolute atomic E-state index is 12.7. The molecule has 0 radical (unpaired) electrons. The molecule has 1 N–H and O–H groups in total. The molecule has 0 aliphatic heterocycles. The highest BCUT2D eigenvalue weighted by Crippen LogP contribution is 2.17. The van der Waals surface area contributed by atoms with E-state index in [0.717, 1.165) is 16.7 Å². The van der Waals surface area contributed by atoms with Gasteiger partial charge in [-0.3, -0.25) is 9.78 Å². The van der Waals surface area contributed by atoms with Crippen molar-refractivity contribution in [3.8, 4) is 11.3 Å². The number of aromatic nitrogens is 5. The van der Waals surface area contributed by atoms with Gasteiger partial charge in [-0.25, -0.2) is 18.9 Å². The van der Waals surface area contributed by atoms with Crippen molar-refractivity contribution in [1.82, 2.24) is 24.1 Å². The molecule has 3 aromatic heterocycles. The fourth-order valence-electron chi connectivity index (χ4n) is 3.13. The summed E-state index contributed by atoms with van der Waals surface area (Å²) in [7, 11) is 0. The molecule has 1 aromatic carbocycles. The second-order valence-electron chi connectivity index (χ2n) is 6.66. The van der Waals surface area contributed by atoms with Crippen molar-refractivity contribution in [3.05, 3.63) is 76.7 Å². The molecule has 0 bridgehead atoms. The predicted octanol–water partition coefficient (Wildman–Crippen LogP) is 2.46. The Morgan fingerprint density at radius 2 is 1.83 bits per heavy atom. The molecule has 0 saturated heterocycles. The summed E-state index contributed by atoms with van der Waals surface area (Å²) in [5.74, 6) is 0.181. The molecule has 0 aliphatic rings. The second kappa shape index (κ2) is 7.67. The molecule has 0 atom stereocenters. The minimum absolute atomic E-state index is 0.180. The molecule has 1 amide bonds. The Morgan fingerprint density at radius 1 is 1.10 bits per heavy atom. The van der Waals surface area contributed by atoms with Crippen LogP contribution in [-0.4, -0.2) is 30.1 Å². The van der Waals surface area contributed by atoms with Gasteiger partial charge in [-0.1, -0.05) is 19.1 Å².